The van der Waals surface area contributed by atoms with E-state index in [4.69, 9.17) is 4.42 Å². The Labute approximate surface area is 138 Å². The van der Waals surface area contributed by atoms with E-state index >= 15 is 0 Å². The molecule has 0 saturated heterocycles. The number of aromatic amines is 1. The Bertz CT molecular complexity index is 848. The molecular weight excluding hydrogens is 308 g/mol. The molecule has 3 rings (SSSR count). The summed E-state index contributed by atoms with van der Waals surface area (Å²) < 4.78 is 5.07. The number of para-hydroxylation sites is 2. The number of carbonyl (C=O) groups is 2. The van der Waals surface area contributed by atoms with Gasteiger partial charge < -0.3 is 20.0 Å². The van der Waals surface area contributed by atoms with Crippen molar-refractivity contribution < 1.29 is 14.0 Å². The van der Waals surface area contributed by atoms with Crippen molar-refractivity contribution in [1.29, 1.82) is 0 Å². The van der Waals surface area contributed by atoms with Crippen molar-refractivity contribution in [3.8, 4) is 0 Å². The summed E-state index contributed by atoms with van der Waals surface area (Å²) in [6.07, 6.45) is 1.44. The lowest BCUT2D eigenvalue weighted by Gasteiger charge is -2.11. The first kappa shape index (κ1) is 15.8. The molecule has 3 aromatic rings. The van der Waals surface area contributed by atoms with Crippen LogP contribution in [-0.2, 0) is 4.79 Å². The van der Waals surface area contributed by atoms with Gasteiger partial charge in [0.2, 0.25) is 5.91 Å². The smallest absolute Gasteiger partial charge is 0.255 e. The van der Waals surface area contributed by atoms with Crippen LogP contribution in [0.2, 0.25) is 0 Å². The molecule has 3 N–H and O–H groups in total. The highest BCUT2D eigenvalue weighted by molar-refractivity contribution is 5.97. The first-order chi connectivity index (χ1) is 11.5. The molecule has 124 valence electrons. The van der Waals surface area contributed by atoms with Crippen molar-refractivity contribution in [1.82, 2.24) is 20.6 Å². The minimum absolute atomic E-state index is 0.117. The zero-order chi connectivity index (χ0) is 17.1. The molecule has 0 aliphatic heterocycles. The average molecular weight is 326 g/mol. The van der Waals surface area contributed by atoms with E-state index in [9.17, 15) is 9.59 Å². The Morgan fingerprint density at radius 1 is 1.29 bits per heavy atom. The van der Waals surface area contributed by atoms with Gasteiger partial charge in [-0.25, -0.2) is 4.98 Å². The second-order valence-corrected chi connectivity index (χ2v) is 5.50. The summed E-state index contributed by atoms with van der Waals surface area (Å²) in [6, 6.07) is 8.92. The van der Waals surface area contributed by atoms with Gasteiger partial charge in [0.25, 0.3) is 5.91 Å². The number of hydrogen-bond donors (Lipinski definition) is 3. The SMILES string of the molecule is Cc1occc1C(=O)NCC(=O)N[C@H](C)c1nc2ccccc2[nH]1. The number of nitrogens with zero attached hydrogens (tertiary/aromatic N) is 1. The summed E-state index contributed by atoms with van der Waals surface area (Å²) in [4.78, 5) is 31.6. The minimum Gasteiger partial charge on any atom is -0.469 e. The molecule has 0 radical (unpaired) electrons. The van der Waals surface area contributed by atoms with Crippen LogP contribution in [-0.4, -0.2) is 28.3 Å². The third kappa shape index (κ3) is 3.29. The zero-order valence-electron chi connectivity index (χ0n) is 13.4. The molecule has 0 spiro atoms. The number of nitrogens with one attached hydrogen (secondary N) is 3. The van der Waals surface area contributed by atoms with Crippen molar-refractivity contribution in [3.63, 3.8) is 0 Å². The number of aryl methyl sites for hydroxylation is 1. The number of aromatic nitrogens is 2. The number of amides is 2. The Balaban J connectivity index is 1.56. The molecule has 0 aliphatic rings. The van der Waals surface area contributed by atoms with Crippen molar-refractivity contribution in [2.24, 2.45) is 0 Å². The lowest BCUT2D eigenvalue weighted by Crippen LogP contribution is -2.38. The van der Waals surface area contributed by atoms with Crippen LogP contribution in [0.25, 0.3) is 11.0 Å². The van der Waals surface area contributed by atoms with E-state index in [1.165, 1.54) is 6.26 Å². The third-order valence-electron chi connectivity index (χ3n) is 3.71. The maximum absolute atomic E-state index is 12.0. The van der Waals surface area contributed by atoms with Crippen LogP contribution in [0.4, 0.5) is 0 Å². The van der Waals surface area contributed by atoms with Crippen LogP contribution in [0.15, 0.2) is 41.0 Å². The first-order valence-electron chi connectivity index (χ1n) is 7.61. The summed E-state index contributed by atoms with van der Waals surface area (Å²) in [5, 5.41) is 5.37. The molecule has 0 aliphatic carbocycles. The molecule has 2 heterocycles. The van der Waals surface area contributed by atoms with Crippen molar-refractivity contribution >= 4 is 22.8 Å². The van der Waals surface area contributed by atoms with E-state index in [1.54, 1.807) is 13.0 Å². The zero-order valence-corrected chi connectivity index (χ0v) is 13.4. The quantitative estimate of drug-likeness (QED) is 0.668. The van der Waals surface area contributed by atoms with Gasteiger partial charge in [-0.15, -0.1) is 0 Å². The van der Waals surface area contributed by atoms with Crippen LogP contribution in [0, 0.1) is 6.92 Å². The summed E-state index contributed by atoms with van der Waals surface area (Å²) in [5.74, 6) is 0.551. The standard InChI is InChI=1S/C17H18N4O3/c1-10(16-20-13-5-3-4-6-14(13)21-16)19-15(22)9-18-17(23)12-7-8-24-11(12)2/h3-8,10H,9H2,1-2H3,(H,18,23)(H,19,22)(H,20,21)/t10-/m1/s1. The molecular formula is C17H18N4O3. The van der Waals surface area contributed by atoms with Gasteiger partial charge in [-0.05, 0) is 32.0 Å². The van der Waals surface area contributed by atoms with E-state index in [1.807, 2.05) is 31.2 Å². The molecule has 1 aromatic carbocycles. The Morgan fingerprint density at radius 2 is 2.08 bits per heavy atom. The number of H-pyrrole nitrogens is 1. The number of carbonyl (C=O) groups excluding carboxylic acids is 2. The van der Waals surface area contributed by atoms with Gasteiger partial charge in [0.15, 0.2) is 0 Å². The molecule has 0 saturated carbocycles. The number of furan rings is 1. The monoisotopic (exact) mass is 326 g/mol. The van der Waals surface area contributed by atoms with Gasteiger partial charge in [0.05, 0.1) is 35.4 Å². The molecule has 24 heavy (non-hydrogen) atoms. The molecule has 7 heteroatoms. The fourth-order valence-electron chi connectivity index (χ4n) is 2.41. The molecule has 1 atom stereocenters. The largest absolute Gasteiger partial charge is 0.469 e. The maximum Gasteiger partial charge on any atom is 0.255 e. The molecule has 0 bridgehead atoms. The number of fused-ring (bicyclic) bond motifs is 1. The van der Waals surface area contributed by atoms with Gasteiger partial charge >= 0.3 is 0 Å². The van der Waals surface area contributed by atoms with E-state index in [0.29, 0.717) is 17.1 Å². The Hall–Kier alpha value is -3.09. The van der Waals surface area contributed by atoms with Gasteiger partial charge in [0, 0.05) is 0 Å². The summed E-state index contributed by atoms with van der Waals surface area (Å²) in [5.41, 5.74) is 2.18. The highest BCUT2D eigenvalue weighted by Gasteiger charge is 2.16. The molecule has 2 aromatic heterocycles. The minimum atomic E-state index is -0.340. The molecule has 0 fully saturated rings. The number of rotatable bonds is 5. The Morgan fingerprint density at radius 3 is 2.79 bits per heavy atom. The molecule has 7 nitrogen and oxygen atoms in total. The van der Waals surface area contributed by atoms with Crippen LogP contribution in [0.5, 0.6) is 0 Å². The van der Waals surface area contributed by atoms with E-state index < -0.39 is 0 Å². The number of imidazole rings is 1. The fraction of sp³-hybridized carbons (Fsp3) is 0.235. The fourth-order valence-corrected chi connectivity index (χ4v) is 2.41. The average Bonchev–Trinajstić information content (AvgIpc) is 3.18. The van der Waals surface area contributed by atoms with Crippen LogP contribution >= 0.6 is 0 Å². The van der Waals surface area contributed by atoms with Crippen molar-refractivity contribution in [3.05, 3.63) is 53.7 Å². The second kappa shape index (κ2) is 6.57. The summed E-state index contributed by atoms with van der Waals surface area (Å²) in [7, 11) is 0. The van der Waals surface area contributed by atoms with E-state index in [2.05, 4.69) is 20.6 Å². The van der Waals surface area contributed by atoms with Crippen LogP contribution in [0.1, 0.15) is 34.9 Å². The highest BCUT2D eigenvalue weighted by atomic mass is 16.3. The van der Waals surface area contributed by atoms with E-state index in [0.717, 1.165) is 11.0 Å². The van der Waals surface area contributed by atoms with Gasteiger partial charge in [-0.1, -0.05) is 12.1 Å². The number of benzene rings is 1. The van der Waals surface area contributed by atoms with Crippen molar-refractivity contribution in [2.45, 2.75) is 19.9 Å². The summed E-state index contributed by atoms with van der Waals surface area (Å²) in [6.45, 7) is 3.41. The second-order valence-electron chi connectivity index (χ2n) is 5.50. The predicted octanol–water partition coefficient (Wildman–Crippen LogP) is 2.07. The lowest BCUT2D eigenvalue weighted by atomic mass is 10.2. The Kier molecular flexibility index (Phi) is 4.33. The lowest BCUT2D eigenvalue weighted by molar-refractivity contribution is -0.120. The third-order valence-corrected chi connectivity index (χ3v) is 3.71. The van der Waals surface area contributed by atoms with Gasteiger partial charge in [-0.3, -0.25) is 9.59 Å². The van der Waals surface area contributed by atoms with Crippen LogP contribution < -0.4 is 10.6 Å². The van der Waals surface area contributed by atoms with Gasteiger partial charge in [0.1, 0.15) is 11.6 Å². The topological polar surface area (TPSA) is 100 Å². The predicted molar refractivity (Wildman–Crippen MR) is 88.4 cm³/mol. The van der Waals surface area contributed by atoms with Crippen LogP contribution in [0.3, 0.4) is 0 Å². The van der Waals surface area contributed by atoms with Gasteiger partial charge in [-0.2, -0.15) is 0 Å². The number of hydrogen-bond acceptors (Lipinski definition) is 4. The highest BCUT2D eigenvalue weighted by Crippen LogP contribution is 2.15. The molecule has 2 amide bonds. The molecule has 0 unspecified atom stereocenters. The normalized spacial score (nSPS) is 12.1. The maximum atomic E-state index is 12.0. The van der Waals surface area contributed by atoms with Crippen molar-refractivity contribution in [2.75, 3.05) is 6.54 Å². The first-order valence-corrected chi connectivity index (χ1v) is 7.61. The summed E-state index contributed by atoms with van der Waals surface area (Å²) >= 11 is 0. The van der Waals surface area contributed by atoms with E-state index in [-0.39, 0.29) is 24.4 Å².